The summed E-state index contributed by atoms with van der Waals surface area (Å²) in [7, 11) is 0. The second-order valence-electron chi connectivity index (χ2n) is 12.7. The van der Waals surface area contributed by atoms with Crippen LogP contribution in [0.25, 0.3) is 22.4 Å². The highest BCUT2D eigenvalue weighted by atomic mass is 35.5. The first-order valence-electron chi connectivity index (χ1n) is 14.8. The topological polar surface area (TPSA) is 122 Å². The maximum atomic E-state index is 13.2. The Morgan fingerprint density at radius 1 is 1.14 bits per heavy atom. The first-order chi connectivity index (χ1) is 20.6. The van der Waals surface area contributed by atoms with Crippen LogP contribution in [-0.4, -0.2) is 63.7 Å². The van der Waals surface area contributed by atoms with E-state index < -0.39 is 11.4 Å². The molecular weight excluding hydrogens is 609 g/mol. The third-order valence-corrected chi connectivity index (χ3v) is 11.3. The van der Waals surface area contributed by atoms with Gasteiger partial charge in [-0.25, -0.2) is 19.3 Å². The summed E-state index contributed by atoms with van der Waals surface area (Å²) in [6, 6.07) is 5.44. The number of fused-ring (bicyclic) bond motifs is 2. The van der Waals surface area contributed by atoms with E-state index in [-0.39, 0.29) is 22.4 Å². The molecule has 14 heteroatoms. The summed E-state index contributed by atoms with van der Waals surface area (Å²) in [4.78, 5) is 12.3. The number of halogens is 2. The van der Waals surface area contributed by atoms with E-state index in [1.165, 1.54) is 0 Å². The molecule has 43 heavy (non-hydrogen) atoms. The molecule has 0 unspecified atom stereocenters. The summed E-state index contributed by atoms with van der Waals surface area (Å²) in [5.74, 6) is 0.795. The van der Waals surface area contributed by atoms with Gasteiger partial charge in [-0.2, -0.15) is 5.10 Å². The molecule has 0 bridgehead atoms. The van der Waals surface area contributed by atoms with E-state index in [9.17, 15) is 4.55 Å². The molecule has 1 aromatic carbocycles. The Labute approximate surface area is 263 Å². The number of benzene rings is 1. The van der Waals surface area contributed by atoms with Crippen LogP contribution >= 0.6 is 23.2 Å². The van der Waals surface area contributed by atoms with Gasteiger partial charge in [-0.3, -0.25) is 0 Å². The molecule has 11 nitrogen and oxygen atoms in total. The Bertz CT molecular complexity index is 1640. The third kappa shape index (κ3) is 5.19. The second-order valence-corrected chi connectivity index (χ2v) is 15.5. The van der Waals surface area contributed by atoms with Crippen molar-refractivity contribution < 1.29 is 9.29 Å². The fourth-order valence-corrected chi connectivity index (χ4v) is 7.78. The molecule has 3 atom stereocenters. The van der Waals surface area contributed by atoms with Crippen molar-refractivity contribution in [2.24, 2.45) is 5.41 Å². The Morgan fingerprint density at radius 3 is 2.70 bits per heavy atom. The Morgan fingerprint density at radius 2 is 1.95 bits per heavy atom. The van der Waals surface area contributed by atoms with E-state index >= 15 is 0 Å². The highest BCUT2D eigenvalue weighted by Crippen LogP contribution is 2.50. The minimum absolute atomic E-state index is 0.0897. The number of aromatic nitrogens is 7. The van der Waals surface area contributed by atoms with Crippen LogP contribution in [0.3, 0.4) is 0 Å². The minimum Gasteiger partial charge on any atom is -0.598 e. The van der Waals surface area contributed by atoms with Crippen molar-refractivity contribution in [2.75, 3.05) is 24.6 Å². The highest BCUT2D eigenvalue weighted by molar-refractivity contribution is 7.90. The summed E-state index contributed by atoms with van der Waals surface area (Å²) >= 11 is 11.8. The quantitative estimate of drug-likeness (QED) is 0.281. The number of hydrogen-bond donors (Lipinski definition) is 1. The molecule has 0 radical (unpaired) electrons. The standard InChI is InChI=1S/C29H35Cl2N9O2S/c1-28(2,3)43(41)36-26-20-15-33-37-39(20)17-29(26)10-12-38(13-11-29)21-16-32-25-24(18-7-6-8-19(30)23(18)31)35-40(27(25)34-21)22-9-4-5-14-42-22/h6-8,15-16,22,26,36H,4-5,9-14,17H2,1-3H3/t22-,26-,43-/m1/s1. The molecule has 7 rings (SSSR count). The SMILES string of the molecule is CC(C)(C)[S@@+]([O-])N[C@@H]1c2cnnn2CC12CCN(c1cnc3c(-c4cccc(Cl)c4Cl)nn([C@H]4CCCCO4)c3n1)CC2. The number of piperidine rings is 1. The molecule has 3 aromatic heterocycles. The smallest absolute Gasteiger partial charge is 0.182 e. The van der Waals surface area contributed by atoms with E-state index in [4.69, 9.17) is 43.0 Å². The maximum absolute atomic E-state index is 13.2. The monoisotopic (exact) mass is 643 g/mol. The van der Waals surface area contributed by atoms with Gasteiger partial charge in [-0.1, -0.05) is 40.5 Å². The largest absolute Gasteiger partial charge is 0.598 e. The lowest BCUT2D eigenvalue weighted by molar-refractivity contribution is -0.0368. The third-order valence-electron chi connectivity index (χ3n) is 8.91. The number of anilines is 1. The minimum atomic E-state index is -1.22. The first-order valence-corrected chi connectivity index (χ1v) is 16.7. The molecule has 2 fully saturated rings. The van der Waals surface area contributed by atoms with Crippen molar-refractivity contribution >= 4 is 51.5 Å². The van der Waals surface area contributed by atoms with E-state index in [1.807, 2.05) is 48.5 Å². The molecule has 4 aromatic rings. The van der Waals surface area contributed by atoms with E-state index in [2.05, 4.69) is 19.9 Å². The zero-order chi connectivity index (χ0) is 29.9. The van der Waals surface area contributed by atoms with Crippen LogP contribution in [-0.2, 0) is 22.6 Å². The molecule has 0 amide bonds. The molecule has 1 spiro atoms. The van der Waals surface area contributed by atoms with Gasteiger partial charge in [0.2, 0.25) is 0 Å². The molecule has 2 saturated heterocycles. The summed E-state index contributed by atoms with van der Waals surface area (Å²) in [6.07, 6.45) is 8.10. The highest BCUT2D eigenvalue weighted by Gasteiger charge is 2.52. The molecule has 3 aliphatic rings. The van der Waals surface area contributed by atoms with Crippen LogP contribution in [0.2, 0.25) is 10.0 Å². The van der Waals surface area contributed by atoms with E-state index in [0.29, 0.717) is 33.5 Å². The van der Waals surface area contributed by atoms with Gasteiger partial charge in [-0.05, 0) is 58.9 Å². The van der Waals surface area contributed by atoms with Gasteiger partial charge in [0.1, 0.15) is 27.8 Å². The molecule has 1 N–H and O–H groups in total. The second kappa shape index (κ2) is 11.1. The predicted octanol–water partition coefficient (Wildman–Crippen LogP) is 5.48. The Balaban J connectivity index is 1.19. The van der Waals surface area contributed by atoms with Crippen LogP contribution in [0, 0.1) is 5.41 Å². The van der Waals surface area contributed by atoms with Crippen LogP contribution < -0.4 is 9.62 Å². The van der Waals surface area contributed by atoms with Crippen LogP contribution in [0.15, 0.2) is 30.6 Å². The average Bonchev–Trinajstić information content (AvgIpc) is 3.68. The van der Waals surface area contributed by atoms with Crippen molar-refractivity contribution in [3.8, 4) is 11.3 Å². The fraction of sp³-hybridized carbons (Fsp3) is 0.552. The van der Waals surface area contributed by atoms with E-state index in [1.54, 1.807) is 12.3 Å². The molecular formula is C29H35Cl2N9O2S. The van der Waals surface area contributed by atoms with Crippen LogP contribution in [0.4, 0.5) is 5.82 Å². The average molecular weight is 645 g/mol. The summed E-state index contributed by atoms with van der Waals surface area (Å²) < 4.78 is 26.2. The fourth-order valence-electron chi connectivity index (χ4n) is 6.45. The van der Waals surface area contributed by atoms with Gasteiger partial charge in [0.05, 0.1) is 34.7 Å². The molecule has 3 aliphatic heterocycles. The molecule has 0 saturated carbocycles. The predicted molar refractivity (Wildman–Crippen MR) is 167 cm³/mol. The van der Waals surface area contributed by atoms with Gasteiger partial charge in [0.25, 0.3) is 0 Å². The zero-order valence-electron chi connectivity index (χ0n) is 24.5. The Kier molecular flexibility index (Phi) is 7.58. The number of ether oxygens (including phenoxy) is 1. The summed E-state index contributed by atoms with van der Waals surface area (Å²) in [6.45, 7) is 8.94. The number of nitrogens with zero attached hydrogens (tertiary/aromatic N) is 8. The van der Waals surface area contributed by atoms with Gasteiger partial charge >= 0.3 is 0 Å². The first kappa shape index (κ1) is 29.2. The summed E-state index contributed by atoms with van der Waals surface area (Å²) in [5, 5.41) is 14.3. The molecule has 0 aliphatic carbocycles. The van der Waals surface area contributed by atoms with E-state index in [0.717, 1.165) is 68.8 Å². The number of nitrogens with one attached hydrogen (secondary N) is 1. The molecule has 228 valence electrons. The lowest BCUT2D eigenvalue weighted by Gasteiger charge is -2.43. The lowest BCUT2D eigenvalue weighted by Crippen LogP contribution is -2.50. The van der Waals surface area contributed by atoms with Crippen LogP contribution in [0.1, 0.15) is 70.8 Å². The Hall–Kier alpha value is -2.48. The van der Waals surface area contributed by atoms with Crippen molar-refractivity contribution in [1.29, 1.82) is 0 Å². The van der Waals surface area contributed by atoms with Crippen molar-refractivity contribution in [3.63, 3.8) is 0 Å². The van der Waals surface area contributed by atoms with Gasteiger partial charge in [0, 0.05) is 42.0 Å². The summed E-state index contributed by atoms with van der Waals surface area (Å²) in [5.41, 5.74) is 3.57. The van der Waals surface area contributed by atoms with Crippen molar-refractivity contribution in [3.05, 3.63) is 46.3 Å². The lowest BCUT2D eigenvalue weighted by atomic mass is 9.74. The number of hydrogen-bond acceptors (Lipinski definition) is 9. The van der Waals surface area contributed by atoms with Gasteiger partial charge in [-0.15, -0.1) is 9.82 Å². The number of rotatable bonds is 5. The normalized spacial score (nSPS) is 22.8. The van der Waals surface area contributed by atoms with Crippen molar-refractivity contribution in [2.45, 2.75) is 76.4 Å². The maximum Gasteiger partial charge on any atom is 0.182 e. The van der Waals surface area contributed by atoms with Gasteiger partial charge < -0.3 is 14.2 Å². The van der Waals surface area contributed by atoms with Gasteiger partial charge in [0.15, 0.2) is 11.9 Å². The van der Waals surface area contributed by atoms with Crippen molar-refractivity contribution in [1.82, 2.24) is 39.5 Å². The molecule has 6 heterocycles. The zero-order valence-corrected chi connectivity index (χ0v) is 26.8. The van der Waals surface area contributed by atoms with Crippen LogP contribution in [0.5, 0.6) is 0 Å².